The average molecular weight is 800 g/mol. The van der Waals surface area contributed by atoms with Crippen molar-refractivity contribution in [1.82, 2.24) is 44.1 Å². The van der Waals surface area contributed by atoms with Crippen LogP contribution in [0.3, 0.4) is 0 Å². The molecule has 0 aliphatic carbocycles. The highest BCUT2D eigenvalue weighted by Gasteiger charge is 2.42. The van der Waals surface area contributed by atoms with Gasteiger partial charge in [-0.25, -0.2) is 4.79 Å². The first-order chi connectivity index (χ1) is 27.0. The molecule has 8 aliphatic rings. The van der Waals surface area contributed by atoms with Gasteiger partial charge in [0, 0.05) is 106 Å². The van der Waals surface area contributed by atoms with Crippen molar-refractivity contribution in [3.05, 3.63) is 12.3 Å². The van der Waals surface area contributed by atoms with Crippen LogP contribution in [0.1, 0.15) is 85.5 Å². The van der Waals surface area contributed by atoms with E-state index in [1.165, 1.54) is 49.8 Å². The lowest BCUT2D eigenvalue weighted by atomic mass is 9.90. The Balaban J connectivity index is 0.000000160. The van der Waals surface area contributed by atoms with Gasteiger partial charge in [0.1, 0.15) is 6.04 Å². The van der Waals surface area contributed by atoms with Gasteiger partial charge in [0.15, 0.2) is 0 Å². The van der Waals surface area contributed by atoms with E-state index in [0.29, 0.717) is 24.9 Å². The SMILES string of the molecule is C=C1C2CCC(C)CN2C(=O)N1C.CC(=O)N1CCCC1.CC(=O)N1CCCCC1.CC1CCN2CCN(C)C(=O)C2C1.CN1CCN2C(=O)CN(C)C(=O)C2C1. The van der Waals surface area contributed by atoms with Crippen LogP contribution in [0.2, 0.25) is 0 Å². The number of hydrogen-bond acceptors (Lipinski definition) is 8. The number of hydrogen-bond donors (Lipinski definition) is 0. The van der Waals surface area contributed by atoms with Crippen LogP contribution in [-0.2, 0) is 24.0 Å². The Kier molecular flexibility index (Phi) is 17.2. The van der Waals surface area contributed by atoms with E-state index in [9.17, 15) is 28.8 Å². The first kappa shape index (κ1) is 46.0. The molecule has 7 amide bonds. The van der Waals surface area contributed by atoms with Gasteiger partial charge >= 0.3 is 6.03 Å². The first-order valence-corrected chi connectivity index (χ1v) is 21.5. The van der Waals surface area contributed by atoms with Crippen molar-refractivity contribution in [2.24, 2.45) is 11.8 Å². The van der Waals surface area contributed by atoms with Crippen LogP contribution in [0.25, 0.3) is 0 Å². The maximum Gasteiger partial charge on any atom is 0.324 e. The molecule has 0 radical (unpaired) electrons. The summed E-state index contributed by atoms with van der Waals surface area (Å²) in [7, 11) is 7.39. The Hall–Kier alpha value is -3.72. The quantitative estimate of drug-likeness (QED) is 0.366. The second kappa shape index (κ2) is 21.3. The molecule has 8 saturated heterocycles. The lowest BCUT2D eigenvalue weighted by Gasteiger charge is -2.44. The van der Waals surface area contributed by atoms with Crippen LogP contribution >= 0.6 is 0 Å². The first-order valence-electron chi connectivity index (χ1n) is 21.5. The number of urea groups is 1. The van der Waals surface area contributed by atoms with Crippen LogP contribution in [-0.4, -0.2) is 205 Å². The van der Waals surface area contributed by atoms with Gasteiger partial charge < -0.3 is 34.3 Å². The van der Waals surface area contributed by atoms with E-state index >= 15 is 0 Å². The number of carbonyl (C=O) groups is 6. The molecule has 0 aromatic heterocycles. The summed E-state index contributed by atoms with van der Waals surface area (Å²) in [5, 5.41) is 0. The van der Waals surface area contributed by atoms with Crippen LogP contribution < -0.4 is 0 Å². The van der Waals surface area contributed by atoms with Gasteiger partial charge in [0.25, 0.3) is 0 Å². The van der Waals surface area contributed by atoms with Crippen molar-refractivity contribution < 1.29 is 28.8 Å². The van der Waals surface area contributed by atoms with Gasteiger partial charge in [-0.2, -0.15) is 0 Å². The lowest BCUT2D eigenvalue weighted by Crippen LogP contribution is -2.65. The fraction of sp³-hybridized carbons (Fsp3) is 0.810. The van der Waals surface area contributed by atoms with Crippen molar-refractivity contribution in [2.45, 2.75) is 104 Å². The molecule has 0 spiro atoms. The Morgan fingerprint density at radius 3 is 1.74 bits per heavy atom. The summed E-state index contributed by atoms with van der Waals surface area (Å²) in [4.78, 5) is 85.1. The van der Waals surface area contributed by atoms with Gasteiger partial charge in [-0.05, 0) is 83.2 Å². The summed E-state index contributed by atoms with van der Waals surface area (Å²) < 4.78 is 0. The van der Waals surface area contributed by atoms with Crippen molar-refractivity contribution >= 4 is 35.6 Å². The highest BCUT2D eigenvalue weighted by atomic mass is 16.2. The standard InChI is InChI=1S/C10H16N2O.C10H18N2O.C9H15N3O2.C7H13NO.C6H11NO/c1-7-4-5-9-8(2)11(3)10(13)12(9)6-7;1-8-3-4-12-6-5-11(2)10(13)9(12)7-8;1-10-3-4-12-7(5-10)9(14)11(2)6-8(12)13;1-7(9)8-5-3-2-4-6-8;1-6(8)7-4-2-3-5-7/h7,9H,2,4-6H2,1,3H3;8-9H,3-7H2,1-2H3;7H,3-6H2,1-2H3;2-6H2,1H3;2-5H2,1H3. The number of rotatable bonds is 0. The third kappa shape index (κ3) is 12.4. The molecule has 8 heterocycles. The molecule has 5 unspecified atom stereocenters. The number of carbonyl (C=O) groups excluding carboxylic acids is 6. The maximum atomic E-state index is 11.8. The fourth-order valence-electron chi connectivity index (χ4n) is 8.90. The second-order valence-electron chi connectivity index (χ2n) is 17.5. The largest absolute Gasteiger partial charge is 0.343 e. The third-order valence-corrected chi connectivity index (χ3v) is 12.8. The molecule has 8 rings (SSSR count). The molecule has 5 atom stereocenters. The van der Waals surface area contributed by atoms with Gasteiger partial charge in [0.2, 0.25) is 29.5 Å². The van der Waals surface area contributed by atoms with Crippen molar-refractivity contribution in [3.8, 4) is 0 Å². The van der Waals surface area contributed by atoms with E-state index in [1.807, 2.05) is 40.7 Å². The van der Waals surface area contributed by atoms with Gasteiger partial charge in [-0.15, -0.1) is 0 Å². The zero-order valence-corrected chi connectivity index (χ0v) is 36.4. The number of piperidine rings is 3. The minimum absolute atomic E-state index is 0.0659. The molecule has 0 aromatic carbocycles. The Morgan fingerprint density at radius 2 is 1.16 bits per heavy atom. The molecular formula is C42H73N9O6. The van der Waals surface area contributed by atoms with E-state index in [2.05, 4.69) is 30.2 Å². The number of amides is 7. The van der Waals surface area contributed by atoms with Gasteiger partial charge in [0.05, 0.1) is 18.6 Å². The Bertz CT molecular complexity index is 1430. The molecule has 57 heavy (non-hydrogen) atoms. The van der Waals surface area contributed by atoms with Crippen LogP contribution in [0.5, 0.6) is 0 Å². The highest BCUT2D eigenvalue weighted by molar-refractivity contribution is 5.95. The molecule has 0 N–H and O–H groups in total. The molecule has 15 nitrogen and oxygen atoms in total. The smallest absolute Gasteiger partial charge is 0.324 e. The normalized spacial score (nSPS) is 29.1. The van der Waals surface area contributed by atoms with E-state index in [4.69, 9.17) is 0 Å². The molecule has 0 saturated carbocycles. The number of nitrogens with zero attached hydrogens (tertiary/aromatic N) is 9. The fourth-order valence-corrected chi connectivity index (χ4v) is 8.90. The maximum absolute atomic E-state index is 11.8. The molecule has 8 fully saturated rings. The number of likely N-dealkylation sites (tertiary alicyclic amines) is 2. The average Bonchev–Trinajstić information content (AvgIpc) is 3.81. The number of likely N-dealkylation sites (N-methyl/N-ethyl adjacent to an activating group) is 4. The van der Waals surface area contributed by atoms with E-state index in [0.717, 1.165) is 83.4 Å². The minimum Gasteiger partial charge on any atom is -0.343 e. The minimum atomic E-state index is -0.250. The summed E-state index contributed by atoms with van der Waals surface area (Å²) in [6, 6.07) is 0.359. The lowest BCUT2D eigenvalue weighted by molar-refractivity contribution is -0.157. The monoisotopic (exact) mass is 800 g/mol. The predicted octanol–water partition coefficient (Wildman–Crippen LogP) is 2.47. The van der Waals surface area contributed by atoms with Crippen LogP contribution in [0, 0.1) is 11.8 Å². The molecular weight excluding hydrogens is 727 g/mol. The molecule has 0 bridgehead atoms. The second-order valence-corrected chi connectivity index (χ2v) is 17.5. The number of piperazine rings is 3. The van der Waals surface area contributed by atoms with Crippen LogP contribution in [0.15, 0.2) is 12.3 Å². The number of fused-ring (bicyclic) bond motifs is 3. The van der Waals surface area contributed by atoms with Crippen LogP contribution in [0.4, 0.5) is 4.79 Å². The zero-order valence-electron chi connectivity index (χ0n) is 36.4. The van der Waals surface area contributed by atoms with E-state index < -0.39 is 0 Å². The Labute approximate surface area is 342 Å². The Morgan fingerprint density at radius 1 is 0.579 bits per heavy atom. The molecule has 322 valence electrons. The topological polar surface area (TPSA) is 132 Å². The molecule has 0 aromatic rings. The molecule has 8 aliphatic heterocycles. The summed E-state index contributed by atoms with van der Waals surface area (Å²) in [6.07, 6.45) is 10.7. The zero-order chi connectivity index (χ0) is 42.0. The third-order valence-electron chi connectivity index (χ3n) is 12.8. The summed E-state index contributed by atoms with van der Waals surface area (Å²) in [6.45, 7) is 22.0. The van der Waals surface area contributed by atoms with Gasteiger partial charge in [-0.3, -0.25) is 33.8 Å². The highest BCUT2D eigenvalue weighted by Crippen LogP contribution is 2.33. The van der Waals surface area contributed by atoms with Crippen molar-refractivity contribution in [3.63, 3.8) is 0 Å². The predicted molar refractivity (Wildman–Crippen MR) is 221 cm³/mol. The summed E-state index contributed by atoms with van der Waals surface area (Å²) in [5.41, 5.74) is 0.969. The van der Waals surface area contributed by atoms with E-state index in [1.54, 1.807) is 30.7 Å². The summed E-state index contributed by atoms with van der Waals surface area (Å²) in [5.74, 6) is 2.28. The van der Waals surface area contributed by atoms with Crippen molar-refractivity contribution in [1.29, 1.82) is 0 Å². The van der Waals surface area contributed by atoms with Gasteiger partial charge in [-0.1, -0.05) is 20.4 Å². The molecule has 15 heteroatoms. The van der Waals surface area contributed by atoms with E-state index in [-0.39, 0.29) is 54.3 Å². The summed E-state index contributed by atoms with van der Waals surface area (Å²) >= 11 is 0. The van der Waals surface area contributed by atoms with Crippen molar-refractivity contribution in [2.75, 3.05) is 107 Å².